The van der Waals surface area contributed by atoms with Crippen LogP contribution in [0.3, 0.4) is 0 Å². The lowest BCUT2D eigenvalue weighted by molar-refractivity contribution is 0.0550. The molecule has 1 saturated heterocycles. The summed E-state index contributed by atoms with van der Waals surface area (Å²) in [6.45, 7) is 21.9. The largest absolute Gasteiger partial charge is 0.497 e. The van der Waals surface area contributed by atoms with Crippen molar-refractivity contribution in [2.45, 2.75) is 41.5 Å². The summed E-state index contributed by atoms with van der Waals surface area (Å²) in [5.41, 5.74) is 2.43. The first-order valence-electron chi connectivity index (χ1n) is 11.8. The molecule has 1 aliphatic heterocycles. The summed E-state index contributed by atoms with van der Waals surface area (Å²) in [6.07, 6.45) is 7.24. The van der Waals surface area contributed by atoms with Crippen LogP contribution in [0.4, 0.5) is 0 Å². The Hall–Kier alpha value is -3.03. The first-order chi connectivity index (χ1) is 17.0. The third-order valence-electron chi connectivity index (χ3n) is 4.53. The zero-order chi connectivity index (χ0) is 26.6. The lowest BCUT2D eigenvalue weighted by atomic mass is 10.2. The van der Waals surface area contributed by atoms with Gasteiger partial charge in [0.1, 0.15) is 29.2 Å². The van der Waals surface area contributed by atoms with E-state index < -0.39 is 0 Å². The highest BCUT2D eigenvalue weighted by Gasteiger charge is 2.18. The van der Waals surface area contributed by atoms with Crippen molar-refractivity contribution in [1.82, 2.24) is 9.32 Å². The molecule has 0 unspecified atom stereocenters. The molecule has 0 radical (unpaired) electrons. The van der Waals surface area contributed by atoms with E-state index >= 15 is 0 Å². The van der Waals surface area contributed by atoms with Crippen molar-refractivity contribution in [3.63, 3.8) is 0 Å². The van der Waals surface area contributed by atoms with E-state index in [4.69, 9.17) is 26.0 Å². The molecule has 0 bridgehead atoms. The van der Waals surface area contributed by atoms with Crippen molar-refractivity contribution >= 4 is 25.2 Å². The van der Waals surface area contributed by atoms with Crippen molar-refractivity contribution in [3.05, 3.63) is 71.7 Å². The first kappa shape index (κ1) is 32.0. The summed E-state index contributed by atoms with van der Waals surface area (Å²) in [5, 5.41) is 0. The zero-order valence-corrected chi connectivity index (χ0v) is 23.0. The fourth-order valence-electron chi connectivity index (χ4n) is 2.87. The highest BCUT2D eigenvalue weighted by atomic mass is 35.5. The highest BCUT2D eigenvalue weighted by Crippen LogP contribution is 2.27. The predicted octanol–water partition coefficient (Wildman–Crippen LogP) is 6.81. The van der Waals surface area contributed by atoms with Crippen LogP contribution >= 0.6 is 11.8 Å². The molecule has 1 fully saturated rings. The monoisotopic (exact) mass is 504 g/mol. The minimum absolute atomic E-state index is 0.411. The molecule has 1 aromatic carbocycles. The number of allylic oxidation sites excluding steroid dienone is 3. The average molecular weight is 505 g/mol. The van der Waals surface area contributed by atoms with Gasteiger partial charge >= 0.3 is 0 Å². The molecule has 35 heavy (non-hydrogen) atoms. The molecule has 0 aliphatic carbocycles. The van der Waals surface area contributed by atoms with Crippen molar-refractivity contribution in [3.8, 4) is 11.5 Å². The van der Waals surface area contributed by atoms with Gasteiger partial charge in [-0.3, -0.25) is 14.4 Å². The fourth-order valence-corrected chi connectivity index (χ4v) is 3.18. The molecule has 8 heteroatoms. The van der Waals surface area contributed by atoms with Gasteiger partial charge in [0, 0.05) is 31.1 Å². The van der Waals surface area contributed by atoms with Crippen LogP contribution < -0.4 is 9.47 Å². The maximum Gasteiger partial charge on any atom is 0.126 e. The topological polar surface area (TPSA) is 58.9 Å². The highest BCUT2D eigenvalue weighted by molar-refractivity contribution is 6.15. The van der Waals surface area contributed by atoms with Crippen LogP contribution in [0.1, 0.15) is 41.5 Å². The van der Waals surface area contributed by atoms with Gasteiger partial charge in [-0.25, -0.2) is 0 Å². The van der Waals surface area contributed by atoms with Gasteiger partial charge in [-0.15, -0.1) is 0 Å². The Morgan fingerprint density at radius 2 is 1.63 bits per heavy atom. The van der Waals surface area contributed by atoms with E-state index in [1.165, 1.54) is 10.7 Å². The summed E-state index contributed by atoms with van der Waals surface area (Å²) in [5.74, 6) is 1.35. The van der Waals surface area contributed by atoms with Gasteiger partial charge in [0.05, 0.1) is 31.7 Å². The third-order valence-corrected chi connectivity index (χ3v) is 4.80. The van der Waals surface area contributed by atoms with Gasteiger partial charge in [-0.2, -0.15) is 0 Å². The minimum Gasteiger partial charge on any atom is -0.497 e. The Morgan fingerprint density at radius 1 is 1.06 bits per heavy atom. The van der Waals surface area contributed by atoms with Gasteiger partial charge in [0.2, 0.25) is 0 Å². The van der Waals surface area contributed by atoms with Crippen LogP contribution in [0.5, 0.6) is 11.5 Å². The Bertz CT molecular complexity index is 871. The molecule has 1 aliphatic rings. The van der Waals surface area contributed by atoms with Gasteiger partial charge in [0.25, 0.3) is 0 Å². The van der Waals surface area contributed by atoms with Crippen LogP contribution in [0, 0.1) is 0 Å². The number of halogens is 1. The Labute approximate surface area is 216 Å². The molecule has 0 atom stereocenters. The second kappa shape index (κ2) is 19.3. The molecular formula is C27H41ClN4O3. The van der Waals surface area contributed by atoms with E-state index in [2.05, 4.69) is 28.3 Å². The van der Waals surface area contributed by atoms with Crippen LogP contribution in [0.15, 0.2) is 81.7 Å². The smallest absolute Gasteiger partial charge is 0.126 e. The molecule has 0 amide bonds. The summed E-state index contributed by atoms with van der Waals surface area (Å²) in [6, 6.07) is 7.19. The van der Waals surface area contributed by atoms with E-state index in [1.54, 1.807) is 38.3 Å². The minimum atomic E-state index is 0.411. The number of aliphatic imine (C=N–C) groups is 2. The maximum absolute atomic E-state index is 6.68. The van der Waals surface area contributed by atoms with Crippen LogP contribution in [-0.4, -0.2) is 56.2 Å². The van der Waals surface area contributed by atoms with Crippen LogP contribution in [0.25, 0.3) is 0 Å². The van der Waals surface area contributed by atoms with E-state index in [0.717, 1.165) is 24.5 Å². The molecule has 0 saturated carbocycles. The predicted molar refractivity (Wildman–Crippen MR) is 149 cm³/mol. The fraction of sp³-hybridized carbons (Fsp3) is 0.407. The summed E-state index contributed by atoms with van der Waals surface area (Å²) >= 11 is 6.68. The molecule has 1 heterocycles. The standard InChI is InChI=1S/C23H29ClN4O3.2C2H6/c1-6-7-19(27-12-14-30-15-13-27)16-28(24)23(18(2)25-3)22(26-4)17-31-21-10-8-20(29-5)9-11-21;2*1-2/h6-11,16-17H,3-4,12-15H2,1-2,5H3;2*1-2H3/b7-6-,19-16+,22-17-,23-18-;;. The summed E-state index contributed by atoms with van der Waals surface area (Å²) in [7, 11) is 1.61. The average Bonchev–Trinajstić information content (AvgIpc) is 2.93. The normalized spacial score (nSPS) is 14.6. The molecule has 194 valence electrons. The first-order valence-corrected chi connectivity index (χ1v) is 12.2. The van der Waals surface area contributed by atoms with Crippen molar-refractivity contribution in [2.24, 2.45) is 9.98 Å². The summed E-state index contributed by atoms with van der Waals surface area (Å²) in [4.78, 5) is 10.3. The quantitative estimate of drug-likeness (QED) is 0.152. The number of rotatable bonds is 10. The number of nitrogens with zero attached hydrogens (tertiary/aromatic N) is 4. The SMILES string of the molecule is C=NC(=C\Oc1ccc(OC)cc1)/C(=C(\C)N=C)N(Cl)/C=C(\C=C/C)N1CCOCC1.CC.CC. The molecule has 7 nitrogen and oxygen atoms in total. The molecular weight excluding hydrogens is 464 g/mol. The molecule has 0 spiro atoms. The van der Waals surface area contributed by atoms with Gasteiger partial charge in [-0.1, -0.05) is 33.8 Å². The molecule has 2 rings (SSSR count). The lowest BCUT2D eigenvalue weighted by Crippen LogP contribution is -2.35. The van der Waals surface area contributed by atoms with Crippen molar-refractivity contribution < 1.29 is 14.2 Å². The summed E-state index contributed by atoms with van der Waals surface area (Å²) < 4.78 is 17.8. The number of hydrogen-bond donors (Lipinski definition) is 0. The van der Waals surface area contributed by atoms with Crippen molar-refractivity contribution in [2.75, 3.05) is 33.4 Å². The molecule has 0 aromatic heterocycles. The number of ether oxygens (including phenoxy) is 3. The third kappa shape index (κ3) is 10.8. The number of hydrogen-bond acceptors (Lipinski definition) is 7. The van der Waals surface area contributed by atoms with E-state index in [9.17, 15) is 0 Å². The number of benzene rings is 1. The zero-order valence-electron chi connectivity index (χ0n) is 22.3. The Morgan fingerprint density at radius 3 is 2.11 bits per heavy atom. The lowest BCUT2D eigenvalue weighted by Gasteiger charge is -2.30. The maximum atomic E-state index is 6.68. The van der Waals surface area contributed by atoms with E-state index in [0.29, 0.717) is 36.1 Å². The number of morpholine rings is 1. The van der Waals surface area contributed by atoms with E-state index in [1.807, 2.05) is 53.0 Å². The van der Waals surface area contributed by atoms with Crippen LogP contribution in [-0.2, 0) is 4.74 Å². The Balaban J connectivity index is 0.00000274. The van der Waals surface area contributed by atoms with Crippen LogP contribution in [0.2, 0.25) is 0 Å². The van der Waals surface area contributed by atoms with Gasteiger partial charge < -0.3 is 19.1 Å². The Kier molecular flexibility index (Phi) is 17.6. The van der Waals surface area contributed by atoms with E-state index in [-0.39, 0.29) is 0 Å². The molecule has 1 aromatic rings. The second-order valence-electron chi connectivity index (χ2n) is 6.51. The second-order valence-corrected chi connectivity index (χ2v) is 6.88. The van der Waals surface area contributed by atoms with Gasteiger partial charge in [-0.05, 0) is 57.6 Å². The van der Waals surface area contributed by atoms with Crippen molar-refractivity contribution in [1.29, 1.82) is 0 Å². The molecule has 0 N–H and O–H groups in total. The van der Waals surface area contributed by atoms with Gasteiger partial charge in [0.15, 0.2) is 0 Å². The number of methoxy groups -OCH3 is 1.